The summed E-state index contributed by atoms with van der Waals surface area (Å²) < 4.78 is 0. The average molecular weight is 192 g/mol. The third-order valence-electron chi connectivity index (χ3n) is 1.66. The number of phenolic OH excluding ortho intramolecular Hbond substituents is 1. The van der Waals surface area contributed by atoms with Crippen molar-refractivity contribution in [2.75, 3.05) is 0 Å². The molecule has 4 heteroatoms. The van der Waals surface area contributed by atoms with Crippen molar-refractivity contribution in [3.63, 3.8) is 0 Å². The quantitative estimate of drug-likeness (QED) is 0.753. The smallest absolute Gasteiger partial charge is 0.151 e. The van der Waals surface area contributed by atoms with E-state index in [1.165, 1.54) is 11.3 Å². The van der Waals surface area contributed by atoms with Crippen molar-refractivity contribution in [2.24, 2.45) is 0 Å². The van der Waals surface area contributed by atoms with E-state index in [9.17, 15) is 5.11 Å². The van der Waals surface area contributed by atoms with Crippen LogP contribution in [0.1, 0.15) is 5.01 Å². The molecule has 66 valence electrons. The molecule has 1 N–H and O–H groups in total. The molecule has 13 heavy (non-hydrogen) atoms. The number of aromatic nitrogens is 2. The third kappa shape index (κ3) is 1.53. The minimum absolute atomic E-state index is 0.249. The van der Waals surface area contributed by atoms with Gasteiger partial charge in [-0.15, -0.1) is 10.2 Å². The van der Waals surface area contributed by atoms with Crippen LogP contribution >= 0.6 is 11.3 Å². The van der Waals surface area contributed by atoms with Gasteiger partial charge < -0.3 is 5.11 Å². The van der Waals surface area contributed by atoms with Crippen LogP contribution in [0.2, 0.25) is 0 Å². The number of nitrogens with zero attached hydrogens (tertiary/aromatic N) is 2. The van der Waals surface area contributed by atoms with Crippen LogP contribution in [-0.4, -0.2) is 15.3 Å². The van der Waals surface area contributed by atoms with Crippen molar-refractivity contribution in [2.45, 2.75) is 6.92 Å². The Hall–Kier alpha value is -1.42. The van der Waals surface area contributed by atoms with Crippen LogP contribution in [-0.2, 0) is 0 Å². The summed E-state index contributed by atoms with van der Waals surface area (Å²) in [4.78, 5) is 0. The number of hydrogen-bond acceptors (Lipinski definition) is 4. The largest absolute Gasteiger partial charge is 0.507 e. The molecule has 0 saturated heterocycles. The highest BCUT2D eigenvalue weighted by molar-refractivity contribution is 7.14. The van der Waals surface area contributed by atoms with Crippen molar-refractivity contribution in [3.8, 4) is 16.3 Å². The lowest BCUT2D eigenvalue weighted by molar-refractivity contribution is 0.477. The monoisotopic (exact) mass is 192 g/mol. The molecule has 0 aliphatic heterocycles. The summed E-state index contributed by atoms with van der Waals surface area (Å²) >= 11 is 1.47. The van der Waals surface area contributed by atoms with E-state index in [0.29, 0.717) is 0 Å². The Balaban J connectivity index is 2.52. The number of rotatable bonds is 1. The normalized spacial score (nSPS) is 10.2. The van der Waals surface area contributed by atoms with Crippen molar-refractivity contribution in [1.82, 2.24) is 10.2 Å². The molecule has 1 heterocycles. The lowest BCUT2D eigenvalue weighted by Crippen LogP contribution is -1.77. The Morgan fingerprint density at radius 2 is 2.00 bits per heavy atom. The van der Waals surface area contributed by atoms with E-state index in [1.54, 1.807) is 12.1 Å². The summed E-state index contributed by atoms with van der Waals surface area (Å²) in [5, 5.41) is 19.0. The predicted molar refractivity (Wildman–Crippen MR) is 51.7 cm³/mol. The molecule has 3 nitrogen and oxygen atoms in total. The fourth-order valence-corrected chi connectivity index (χ4v) is 1.79. The molecule has 0 fully saturated rings. The van der Waals surface area contributed by atoms with E-state index < -0.39 is 0 Å². The second kappa shape index (κ2) is 3.14. The lowest BCUT2D eigenvalue weighted by Gasteiger charge is -1.97. The zero-order chi connectivity index (χ0) is 9.26. The van der Waals surface area contributed by atoms with Crippen molar-refractivity contribution >= 4 is 11.3 Å². The highest BCUT2D eigenvalue weighted by Crippen LogP contribution is 2.30. The fourth-order valence-electron chi connectivity index (χ4n) is 1.06. The minimum Gasteiger partial charge on any atom is -0.507 e. The minimum atomic E-state index is 0.249. The topological polar surface area (TPSA) is 46.0 Å². The molecule has 0 saturated carbocycles. The van der Waals surface area contributed by atoms with Gasteiger partial charge in [-0.1, -0.05) is 23.5 Å². The maximum atomic E-state index is 9.51. The summed E-state index contributed by atoms with van der Waals surface area (Å²) in [7, 11) is 0. The first-order valence-corrected chi connectivity index (χ1v) is 4.67. The number of para-hydroxylation sites is 1. The zero-order valence-corrected chi connectivity index (χ0v) is 7.88. The molecular weight excluding hydrogens is 184 g/mol. The van der Waals surface area contributed by atoms with E-state index in [-0.39, 0.29) is 5.75 Å². The lowest BCUT2D eigenvalue weighted by atomic mass is 10.2. The molecule has 0 radical (unpaired) electrons. The van der Waals surface area contributed by atoms with E-state index >= 15 is 0 Å². The van der Waals surface area contributed by atoms with Gasteiger partial charge in [-0.3, -0.25) is 0 Å². The number of aryl methyl sites for hydroxylation is 1. The molecule has 2 aromatic rings. The Morgan fingerprint density at radius 3 is 2.62 bits per heavy atom. The standard InChI is InChI=1S/C9H8N2OS/c1-6-10-11-9(13-6)7-4-2-3-5-8(7)12/h2-5,12H,1H3. The molecule has 0 amide bonds. The fraction of sp³-hybridized carbons (Fsp3) is 0.111. The first kappa shape index (κ1) is 8.19. The molecule has 2 rings (SSSR count). The van der Waals surface area contributed by atoms with Gasteiger partial charge in [-0.25, -0.2) is 0 Å². The third-order valence-corrected chi connectivity index (χ3v) is 2.53. The van der Waals surface area contributed by atoms with Gasteiger partial charge in [0.05, 0.1) is 5.56 Å². The number of aromatic hydroxyl groups is 1. The van der Waals surface area contributed by atoms with Gasteiger partial charge in [0.15, 0.2) is 5.01 Å². The zero-order valence-electron chi connectivity index (χ0n) is 7.06. The predicted octanol–water partition coefficient (Wildman–Crippen LogP) is 2.22. The van der Waals surface area contributed by atoms with Crippen molar-refractivity contribution in [1.29, 1.82) is 0 Å². The van der Waals surface area contributed by atoms with Gasteiger partial charge in [0.25, 0.3) is 0 Å². The second-order valence-corrected chi connectivity index (χ2v) is 3.83. The average Bonchev–Trinajstić information content (AvgIpc) is 2.53. The van der Waals surface area contributed by atoms with E-state index in [0.717, 1.165) is 15.6 Å². The first-order chi connectivity index (χ1) is 6.27. The van der Waals surface area contributed by atoms with E-state index in [4.69, 9.17) is 0 Å². The highest BCUT2D eigenvalue weighted by atomic mass is 32.1. The number of benzene rings is 1. The molecule has 1 aromatic heterocycles. The molecule has 0 atom stereocenters. The molecule has 1 aromatic carbocycles. The van der Waals surface area contributed by atoms with Crippen LogP contribution in [0.4, 0.5) is 0 Å². The number of hydrogen-bond donors (Lipinski definition) is 1. The van der Waals surface area contributed by atoms with Gasteiger partial charge in [0, 0.05) is 0 Å². The van der Waals surface area contributed by atoms with Crippen molar-refractivity contribution in [3.05, 3.63) is 29.3 Å². The Kier molecular flexibility index (Phi) is 1.98. The van der Waals surface area contributed by atoms with E-state index in [2.05, 4.69) is 10.2 Å². The highest BCUT2D eigenvalue weighted by Gasteiger charge is 2.07. The Bertz CT molecular complexity index is 425. The van der Waals surface area contributed by atoms with E-state index in [1.807, 2.05) is 19.1 Å². The molecule has 0 unspecified atom stereocenters. The molecular formula is C9H8N2OS. The Labute approximate surface area is 79.7 Å². The Morgan fingerprint density at radius 1 is 1.23 bits per heavy atom. The maximum absolute atomic E-state index is 9.51. The van der Waals surface area contributed by atoms with Crippen LogP contribution < -0.4 is 0 Å². The van der Waals surface area contributed by atoms with Crippen molar-refractivity contribution < 1.29 is 5.11 Å². The van der Waals surface area contributed by atoms with Gasteiger partial charge in [0.1, 0.15) is 10.8 Å². The number of phenols is 1. The van der Waals surface area contributed by atoms with Crippen LogP contribution in [0, 0.1) is 6.92 Å². The van der Waals surface area contributed by atoms with Gasteiger partial charge in [-0.2, -0.15) is 0 Å². The summed E-state index contributed by atoms with van der Waals surface area (Å²) in [5.41, 5.74) is 0.744. The maximum Gasteiger partial charge on any atom is 0.151 e. The van der Waals surface area contributed by atoms with Gasteiger partial charge in [-0.05, 0) is 19.1 Å². The second-order valence-electron chi connectivity index (χ2n) is 2.64. The van der Waals surface area contributed by atoms with Gasteiger partial charge in [0.2, 0.25) is 0 Å². The SMILES string of the molecule is Cc1nnc(-c2ccccc2O)s1. The van der Waals surface area contributed by atoms with Crippen LogP contribution in [0.15, 0.2) is 24.3 Å². The first-order valence-electron chi connectivity index (χ1n) is 3.86. The van der Waals surface area contributed by atoms with Gasteiger partial charge >= 0.3 is 0 Å². The van der Waals surface area contributed by atoms with Crippen LogP contribution in [0.3, 0.4) is 0 Å². The molecule has 0 aliphatic carbocycles. The molecule has 0 aliphatic rings. The molecule has 0 bridgehead atoms. The summed E-state index contributed by atoms with van der Waals surface area (Å²) in [5.74, 6) is 0.249. The van der Waals surface area contributed by atoms with Crippen LogP contribution in [0.5, 0.6) is 5.75 Å². The summed E-state index contributed by atoms with van der Waals surface area (Å²) in [6, 6.07) is 7.12. The summed E-state index contributed by atoms with van der Waals surface area (Å²) in [6.45, 7) is 1.89. The van der Waals surface area contributed by atoms with Crippen LogP contribution in [0.25, 0.3) is 10.6 Å². The summed E-state index contributed by atoms with van der Waals surface area (Å²) in [6.07, 6.45) is 0. The molecule has 0 spiro atoms.